The summed E-state index contributed by atoms with van der Waals surface area (Å²) in [5.74, 6) is 3.11. The Bertz CT molecular complexity index is 956. The molecule has 3 rings (SSSR count). The van der Waals surface area contributed by atoms with E-state index in [1.807, 2.05) is 6.07 Å². The molecule has 31 heavy (non-hydrogen) atoms. The molecule has 0 aliphatic carbocycles. The molecule has 1 saturated heterocycles. The fourth-order valence-electron chi connectivity index (χ4n) is 3.97. The topological polar surface area (TPSA) is 102 Å². The Morgan fingerprint density at radius 1 is 1.35 bits per heavy atom. The maximum Gasteiger partial charge on any atom is 0.337 e. The highest BCUT2D eigenvalue weighted by Gasteiger charge is 2.20. The number of carbonyl (C=O) groups excluding carboxylic acids is 1. The first kappa shape index (κ1) is 22.7. The summed E-state index contributed by atoms with van der Waals surface area (Å²) in [6.07, 6.45) is 8.98. The van der Waals surface area contributed by atoms with Gasteiger partial charge >= 0.3 is 5.97 Å². The second kappa shape index (κ2) is 10.8. The Morgan fingerprint density at radius 2 is 2.13 bits per heavy atom. The maximum atomic E-state index is 11.8. The first-order valence-electron chi connectivity index (χ1n) is 10.6. The second-order valence-electron chi connectivity index (χ2n) is 7.63. The predicted octanol–water partition coefficient (Wildman–Crippen LogP) is 2.42. The summed E-state index contributed by atoms with van der Waals surface area (Å²) in [4.78, 5) is 17.5. The number of rotatable bonds is 9. The highest BCUT2D eigenvalue weighted by Crippen LogP contribution is 2.27. The van der Waals surface area contributed by atoms with Crippen LogP contribution in [0.5, 0.6) is 0 Å². The van der Waals surface area contributed by atoms with Gasteiger partial charge in [0.15, 0.2) is 0 Å². The van der Waals surface area contributed by atoms with E-state index in [2.05, 4.69) is 26.4 Å². The molecule has 0 bridgehead atoms. The number of ether oxygens (including phenoxy) is 2. The molecule has 1 unspecified atom stereocenters. The van der Waals surface area contributed by atoms with Crippen LogP contribution < -0.4 is 10.6 Å². The number of nitrogens with zero attached hydrogens (tertiary/aromatic N) is 1. The molecule has 2 heterocycles. The number of hydrogen-bond donors (Lipinski definition) is 4. The lowest BCUT2D eigenvalue weighted by atomic mass is 10.1. The minimum absolute atomic E-state index is 0.108. The Balaban J connectivity index is 1.74. The number of piperidine rings is 1. The summed E-state index contributed by atoms with van der Waals surface area (Å²) >= 11 is 0. The molecule has 166 valence electrons. The molecular formula is C23H31N5O3. The number of methoxy groups -OCH3 is 1. The molecule has 0 amide bonds. The van der Waals surface area contributed by atoms with Crippen molar-refractivity contribution in [2.75, 3.05) is 52.3 Å². The van der Waals surface area contributed by atoms with Gasteiger partial charge in [-0.25, -0.2) is 4.79 Å². The van der Waals surface area contributed by atoms with Gasteiger partial charge in [0.25, 0.3) is 0 Å². The van der Waals surface area contributed by atoms with E-state index < -0.39 is 5.97 Å². The zero-order chi connectivity index (χ0) is 22.2. The van der Waals surface area contributed by atoms with Gasteiger partial charge in [-0.2, -0.15) is 0 Å². The van der Waals surface area contributed by atoms with Crippen molar-refractivity contribution in [2.45, 2.75) is 25.4 Å². The summed E-state index contributed by atoms with van der Waals surface area (Å²) in [5.41, 5.74) is 1.92. The minimum Gasteiger partial charge on any atom is -0.465 e. The van der Waals surface area contributed by atoms with E-state index in [-0.39, 0.29) is 18.5 Å². The van der Waals surface area contributed by atoms with Gasteiger partial charge in [0.2, 0.25) is 0 Å². The van der Waals surface area contributed by atoms with Crippen LogP contribution in [0, 0.1) is 17.8 Å². The van der Waals surface area contributed by atoms with Crippen molar-refractivity contribution in [1.29, 1.82) is 5.41 Å². The first-order valence-corrected chi connectivity index (χ1v) is 10.6. The highest BCUT2D eigenvalue weighted by atomic mass is 16.5. The smallest absolute Gasteiger partial charge is 0.337 e. The van der Waals surface area contributed by atoms with Crippen molar-refractivity contribution in [2.24, 2.45) is 0 Å². The minimum atomic E-state index is -0.400. The second-order valence-corrected chi connectivity index (χ2v) is 7.63. The quantitative estimate of drug-likeness (QED) is 0.213. The molecule has 1 aromatic carbocycles. The number of benzene rings is 1. The number of likely N-dealkylation sites (tertiary alicyclic amines) is 1. The standard InChI is InChI=1S/C23H31N5O3/c1-4-12-31-17(15-28-10-6-5-7-11-28)14-26-21(24)20-18-9-8-16(23(29)30-3)13-19(18)27-22(20)25-2/h1,8-9,13,17,25,27H,5-7,10-12,14-15H2,2-3H3,(H2,24,26). The number of amidine groups is 1. The van der Waals surface area contributed by atoms with Gasteiger partial charge in [-0.1, -0.05) is 18.4 Å². The van der Waals surface area contributed by atoms with Crippen molar-refractivity contribution < 1.29 is 14.3 Å². The number of aromatic nitrogens is 1. The molecule has 1 fully saturated rings. The molecule has 8 heteroatoms. The van der Waals surface area contributed by atoms with Crippen LogP contribution in [0.4, 0.5) is 5.82 Å². The SMILES string of the molecule is C#CCOC(CNC(=N)c1c(NC)[nH]c2cc(C(=O)OC)ccc12)CN1CCCCC1. The summed E-state index contributed by atoms with van der Waals surface area (Å²) in [6, 6.07) is 5.26. The Kier molecular flexibility index (Phi) is 7.93. The summed E-state index contributed by atoms with van der Waals surface area (Å²) in [7, 11) is 3.14. The van der Waals surface area contributed by atoms with Crippen molar-refractivity contribution in [3.8, 4) is 12.3 Å². The Hall–Kier alpha value is -3.02. The van der Waals surface area contributed by atoms with Crippen LogP contribution in [0.1, 0.15) is 35.2 Å². The number of H-pyrrole nitrogens is 1. The van der Waals surface area contributed by atoms with Crippen LogP contribution in [0.15, 0.2) is 18.2 Å². The van der Waals surface area contributed by atoms with Crippen molar-refractivity contribution in [3.63, 3.8) is 0 Å². The monoisotopic (exact) mass is 425 g/mol. The molecule has 0 saturated carbocycles. The van der Waals surface area contributed by atoms with E-state index >= 15 is 0 Å². The van der Waals surface area contributed by atoms with Crippen molar-refractivity contribution >= 4 is 28.5 Å². The largest absolute Gasteiger partial charge is 0.465 e. The van der Waals surface area contributed by atoms with E-state index in [0.717, 1.165) is 30.5 Å². The number of nitrogens with one attached hydrogen (secondary N) is 4. The fourth-order valence-corrected chi connectivity index (χ4v) is 3.97. The molecule has 4 N–H and O–H groups in total. The average molecular weight is 426 g/mol. The number of anilines is 1. The summed E-state index contributed by atoms with van der Waals surface area (Å²) in [6.45, 7) is 3.66. The molecule has 1 aromatic heterocycles. The van der Waals surface area contributed by atoms with Gasteiger partial charge in [-0.3, -0.25) is 5.41 Å². The van der Waals surface area contributed by atoms with Gasteiger partial charge < -0.3 is 30.0 Å². The van der Waals surface area contributed by atoms with Crippen molar-refractivity contribution in [3.05, 3.63) is 29.3 Å². The van der Waals surface area contributed by atoms with E-state index in [1.54, 1.807) is 19.2 Å². The third-order valence-electron chi connectivity index (χ3n) is 5.54. The Labute approximate surface area is 183 Å². The number of aromatic amines is 1. The van der Waals surface area contributed by atoms with Gasteiger partial charge in [-0.15, -0.1) is 6.42 Å². The van der Waals surface area contributed by atoms with E-state index in [1.165, 1.54) is 26.4 Å². The van der Waals surface area contributed by atoms with Crippen molar-refractivity contribution in [1.82, 2.24) is 15.2 Å². The highest BCUT2D eigenvalue weighted by molar-refractivity contribution is 6.13. The molecule has 2 aromatic rings. The Morgan fingerprint density at radius 3 is 2.81 bits per heavy atom. The summed E-state index contributed by atoms with van der Waals surface area (Å²) in [5, 5.41) is 15.8. The van der Waals surface area contributed by atoms with Crippen LogP contribution in [0.25, 0.3) is 10.9 Å². The van der Waals surface area contributed by atoms with Gasteiger partial charge in [-0.05, 0) is 38.1 Å². The molecule has 0 spiro atoms. The normalized spacial score (nSPS) is 15.3. The third-order valence-corrected chi connectivity index (χ3v) is 5.54. The molecule has 0 radical (unpaired) electrons. The van der Waals surface area contributed by atoms with Gasteiger partial charge in [0.05, 0.1) is 24.3 Å². The number of terminal acetylenes is 1. The lowest BCUT2D eigenvalue weighted by Gasteiger charge is -2.30. The molecular weight excluding hydrogens is 394 g/mol. The zero-order valence-electron chi connectivity index (χ0n) is 18.2. The molecule has 8 nitrogen and oxygen atoms in total. The molecule has 1 atom stereocenters. The van der Waals surface area contributed by atoms with Crippen LogP contribution in [0.2, 0.25) is 0 Å². The van der Waals surface area contributed by atoms with Crippen LogP contribution in [0.3, 0.4) is 0 Å². The van der Waals surface area contributed by atoms with Crippen LogP contribution >= 0.6 is 0 Å². The number of hydrogen-bond acceptors (Lipinski definition) is 6. The zero-order valence-corrected chi connectivity index (χ0v) is 18.2. The van der Waals surface area contributed by atoms with E-state index in [4.69, 9.17) is 21.3 Å². The van der Waals surface area contributed by atoms with E-state index in [0.29, 0.717) is 23.5 Å². The predicted molar refractivity (Wildman–Crippen MR) is 123 cm³/mol. The van der Waals surface area contributed by atoms with Gasteiger partial charge in [0.1, 0.15) is 18.3 Å². The number of fused-ring (bicyclic) bond motifs is 1. The molecule has 1 aliphatic heterocycles. The van der Waals surface area contributed by atoms with Crippen LogP contribution in [-0.2, 0) is 9.47 Å². The average Bonchev–Trinajstić information content (AvgIpc) is 3.18. The number of carbonyl (C=O) groups is 1. The number of esters is 1. The fraction of sp³-hybridized carbons (Fsp3) is 0.478. The van der Waals surface area contributed by atoms with Crippen LogP contribution in [-0.4, -0.2) is 74.7 Å². The van der Waals surface area contributed by atoms with E-state index in [9.17, 15) is 4.79 Å². The maximum absolute atomic E-state index is 11.8. The lowest BCUT2D eigenvalue weighted by molar-refractivity contribution is 0.0430. The lowest BCUT2D eigenvalue weighted by Crippen LogP contribution is -2.43. The molecule has 1 aliphatic rings. The van der Waals surface area contributed by atoms with Gasteiger partial charge in [0, 0.05) is 31.0 Å². The summed E-state index contributed by atoms with van der Waals surface area (Å²) < 4.78 is 10.6. The first-order chi connectivity index (χ1) is 15.1. The third kappa shape index (κ3) is 5.57.